The second-order valence-electron chi connectivity index (χ2n) is 5.45. The van der Waals surface area contributed by atoms with E-state index in [9.17, 15) is 14.9 Å². The SMILES string of the molecule is Cn1cccc1[C@H]1CCCCN1C(=O)c1ccc([N+](=O)[O-])o1. The van der Waals surface area contributed by atoms with Gasteiger partial charge >= 0.3 is 5.88 Å². The van der Waals surface area contributed by atoms with E-state index in [0.29, 0.717) is 6.54 Å². The predicted octanol–water partition coefficient (Wildman–Crippen LogP) is 2.89. The molecule has 0 unspecified atom stereocenters. The smallest absolute Gasteiger partial charge is 0.395 e. The average molecular weight is 303 g/mol. The van der Waals surface area contributed by atoms with E-state index in [1.54, 1.807) is 4.90 Å². The van der Waals surface area contributed by atoms with E-state index < -0.39 is 10.8 Å². The van der Waals surface area contributed by atoms with Gasteiger partial charge in [0.25, 0.3) is 5.91 Å². The molecule has 1 saturated heterocycles. The number of hydrogen-bond acceptors (Lipinski definition) is 4. The maximum Gasteiger partial charge on any atom is 0.433 e. The summed E-state index contributed by atoms with van der Waals surface area (Å²) in [4.78, 5) is 24.5. The maximum atomic E-state index is 12.7. The van der Waals surface area contributed by atoms with Crippen molar-refractivity contribution in [2.75, 3.05) is 6.54 Å². The van der Waals surface area contributed by atoms with Gasteiger partial charge in [-0.15, -0.1) is 0 Å². The molecule has 1 fully saturated rings. The van der Waals surface area contributed by atoms with Gasteiger partial charge in [0.15, 0.2) is 5.76 Å². The Labute approximate surface area is 127 Å². The molecule has 7 nitrogen and oxygen atoms in total. The highest BCUT2D eigenvalue weighted by molar-refractivity contribution is 5.92. The maximum absolute atomic E-state index is 12.7. The van der Waals surface area contributed by atoms with Crippen LogP contribution in [0.4, 0.5) is 5.88 Å². The molecule has 2 aromatic heterocycles. The van der Waals surface area contributed by atoms with Crippen molar-refractivity contribution in [3.05, 3.63) is 52.0 Å². The Balaban J connectivity index is 1.88. The molecule has 3 rings (SSSR count). The standard InChI is InChI=1S/C15H17N3O4/c1-16-9-4-6-11(16)12-5-2-3-10-17(12)15(19)13-7-8-14(22-13)18(20)21/h4,6-9,12H,2-3,5,10H2,1H3/t12-/m1/s1. The van der Waals surface area contributed by atoms with Crippen LogP contribution in [-0.2, 0) is 7.05 Å². The summed E-state index contributed by atoms with van der Waals surface area (Å²) in [6.07, 6.45) is 4.81. The molecule has 1 aliphatic rings. The zero-order valence-electron chi connectivity index (χ0n) is 12.3. The fourth-order valence-electron chi connectivity index (χ4n) is 2.98. The molecule has 0 saturated carbocycles. The number of likely N-dealkylation sites (tertiary alicyclic amines) is 1. The first-order valence-corrected chi connectivity index (χ1v) is 7.24. The molecule has 1 amide bonds. The van der Waals surface area contributed by atoms with E-state index in [1.165, 1.54) is 12.1 Å². The minimum Gasteiger partial charge on any atom is -0.395 e. The Morgan fingerprint density at radius 2 is 2.18 bits per heavy atom. The monoisotopic (exact) mass is 303 g/mol. The van der Waals surface area contributed by atoms with Crippen LogP contribution in [0.5, 0.6) is 0 Å². The van der Waals surface area contributed by atoms with Gasteiger partial charge in [0.2, 0.25) is 0 Å². The van der Waals surface area contributed by atoms with E-state index >= 15 is 0 Å². The quantitative estimate of drug-likeness (QED) is 0.645. The molecule has 0 spiro atoms. The van der Waals surface area contributed by atoms with E-state index in [1.807, 2.05) is 29.9 Å². The lowest BCUT2D eigenvalue weighted by Gasteiger charge is -2.35. The topological polar surface area (TPSA) is 81.5 Å². The lowest BCUT2D eigenvalue weighted by molar-refractivity contribution is -0.402. The Hall–Kier alpha value is -2.57. The third-order valence-electron chi connectivity index (χ3n) is 4.07. The van der Waals surface area contributed by atoms with Crippen molar-refractivity contribution in [3.8, 4) is 0 Å². The molecule has 0 radical (unpaired) electrons. The molecule has 3 heterocycles. The van der Waals surface area contributed by atoms with Crippen LogP contribution in [0.3, 0.4) is 0 Å². The summed E-state index contributed by atoms with van der Waals surface area (Å²) in [5.41, 5.74) is 1.06. The third kappa shape index (κ3) is 2.49. The van der Waals surface area contributed by atoms with Crippen LogP contribution in [-0.4, -0.2) is 26.8 Å². The molecule has 116 valence electrons. The molecular weight excluding hydrogens is 286 g/mol. The summed E-state index contributed by atoms with van der Waals surface area (Å²) < 4.78 is 7.06. The summed E-state index contributed by atoms with van der Waals surface area (Å²) in [5, 5.41) is 10.7. The van der Waals surface area contributed by atoms with Crippen LogP contribution in [0.2, 0.25) is 0 Å². The molecule has 7 heteroatoms. The Morgan fingerprint density at radius 1 is 1.36 bits per heavy atom. The number of nitrogens with zero attached hydrogens (tertiary/aromatic N) is 3. The van der Waals surface area contributed by atoms with Gasteiger partial charge in [-0.1, -0.05) is 0 Å². The molecule has 22 heavy (non-hydrogen) atoms. The first-order valence-electron chi connectivity index (χ1n) is 7.24. The van der Waals surface area contributed by atoms with Crippen LogP contribution < -0.4 is 0 Å². The highest BCUT2D eigenvalue weighted by atomic mass is 16.6. The highest BCUT2D eigenvalue weighted by Gasteiger charge is 2.32. The predicted molar refractivity (Wildman–Crippen MR) is 78.4 cm³/mol. The fourth-order valence-corrected chi connectivity index (χ4v) is 2.98. The number of nitro groups is 1. The van der Waals surface area contributed by atoms with Crippen molar-refractivity contribution < 1.29 is 14.1 Å². The van der Waals surface area contributed by atoms with E-state index in [-0.39, 0.29) is 17.7 Å². The zero-order chi connectivity index (χ0) is 15.7. The Morgan fingerprint density at radius 3 is 2.82 bits per heavy atom. The van der Waals surface area contributed by atoms with Crippen molar-refractivity contribution in [1.29, 1.82) is 0 Å². The normalized spacial score (nSPS) is 18.4. The molecule has 0 aliphatic carbocycles. The summed E-state index contributed by atoms with van der Waals surface area (Å²) in [6, 6.07) is 6.52. The van der Waals surface area contributed by atoms with Crippen LogP contribution in [0.25, 0.3) is 0 Å². The van der Waals surface area contributed by atoms with Crippen molar-refractivity contribution in [2.45, 2.75) is 25.3 Å². The third-order valence-corrected chi connectivity index (χ3v) is 4.07. The van der Waals surface area contributed by atoms with Crippen molar-refractivity contribution in [3.63, 3.8) is 0 Å². The van der Waals surface area contributed by atoms with Gasteiger partial charge < -0.3 is 13.9 Å². The molecule has 2 aromatic rings. The Bertz CT molecular complexity index is 703. The number of amides is 1. The van der Waals surface area contributed by atoms with Gasteiger partial charge in [-0.25, -0.2) is 0 Å². The number of rotatable bonds is 3. The van der Waals surface area contributed by atoms with Crippen LogP contribution in [0.1, 0.15) is 41.6 Å². The largest absolute Gasteiger partial charge is 0.433 e. The summed E-state index contributed by atoms with van der Waals surface area (Å²) in [6.45, 7) is 0.628. The molecule has 0 bridgehead atoms. The molecule has 0 aromatic carbocycles. The number of carbonyl (C=O) groups is 1. The fraction of sp³-hybridized carbons (Fsp3) is 0.400. The van der Waals surface area contributed by atoms with E-state index in [4.69, 9.17) is 4.42 Å². The summed E-state index contributed by atoms with van der Waals surface area (Å²) in [7, 11) is 1.95. The molecule has 0 N–H and O–H groups in total. The second-order valence-corrected chi connectivity index (χ2v) is 5.45. The average Bonchev–Trinajstić information content (AvgIpc) is 3.15. The van der Waals surface area contributed by atoms with Gasteiger partial charge in [-0.05, 0) is 37.5 Å². The first kappa shape index (κ1) is 14.4. The van der Waals surface area contributed by atoms with Crippen LogP contribution in [0, 0.1) is 10.1 Å². The first-order chi connectivity index (χ1) is 10.6. The van der Waals surface area contributed by atoms with E-state index in [0.717, 1.165) is 25.0 Å². The lowest BCUT2D eigenvalue weighted by Crippen LogP contribution is -2.39. The minimum atomic E-state index is -0.637. The highest BCUT2D eigenvalue weighted by Crippen LogP contribution is 2.32. The van der Waals surface area contributed by atoms with Gasteiger partial charge in [-0.2, -0.15) is 0 Å². The molecular formula is C15H17N3O4. The zero-order valence-corrected chi connectivity index (χ0v) is 12.3. The van der Waals surface area contributed by atoms with Gasteiger partial charge in [0.1, 0.15) is 4.92 Å². The van der Waals surface area contributed by atoms with Gasteiger partial charge in [0.05, 0.1) is 12.1 Å². The number of furan rings is 1. The number of hydrogen-bond donors (Lipinski definition) is 0. The molecule has 1 aliphatic heterocycles. The van der Waals surface area contributed by atoms with Crippen LogP contribution in [0.15, 0.2) is 34.9 Å². The van der Waals surface area contributed by atoms with Gasteiger partial charge in [0, 0.05) is 25.5 Å². The lowest BCUT2D eigenvalue weighted by atomic mass is 9.99. The number of piperidine rings is 1. The van der Waals surface area contributed by atoms with Crippen molar-refractivity contribution in [1.82, 2.24) is 9.47 Å². The van der Waals surface area contributed by atoms with Crippen molar-refractivity contribution in [2.24, 2.45) is 7.05 Å². The second kappa shape index (κ2) is 5.67. The summed E-state index contributed by atoms with van der Waals surface area (Å²) >= 11 is 0. The number of carbonyl (C=O) groups excluding carboxylic acids is 1. The number of aryl methyl sites for hydroxylation is 1. The van der Waals surface area contributed by atoms with Crippen molar-refractivity contribution >= 4 is 11.8 Å². The summed E-state index contributed by atoms with van der Waals surface area (Å²) in [5.74, 6) is -0.678. The van der Waals surface area contributed by atoms with Gasteiger partial charge in [-0.3, -0.25) is 14.9 Å². The minimum absolute atomic E-state index is 0.0211. The Kier molecular flexibility index (Phi) is 3.70. The number of aromatic nitrogens is 1. The van der Waals surface area contributed by atoms with E-state index in [2.05, 4.69) is 0 Å². The van der Waals surface area contributed by atoms with Crippen LogP contribution >= 0.6 is 0 Å². The molecule has 1 atom stereocenters.